The minimum atomic E-state index is -0.885. The van der Waals surface area contributed by atoms with Gasteiger partial charge in [0.2, 0.25) is 0 Å². The Hall–Kier alpha value is -3.26. The highest BCUT2D eigenvalue weighted by atomic mass is 16.5. The smallest absolute Gasteiger partial charge is 0.407 e. The second kappa shape index (κ2) is 9.26. The highest BCUT2D eigenvalue weighted by Crippen LogP contribution is 2.24. The standard InChI is InChI=1S/C23H28N4O4/c1-17-2-3-18(16-21(17)26-8-10-27(11-9-26)23(29)30)22(28)24-19-4-6-20(7-5-19)25-12-14-31-15-13-25/h2-7,16H,8-15H2,1H3,(H,24,28)(H,29,30). The zero-order chi connectivity index (χ0) is 21.8. The summed E-state index contributed by atoms with van der Waals surface area (Å²) >= 11 is 0. The van der Waals surface area contributed by atoms with Crippen molar-refractivity contribution in [1.82, 2.24) is 4.90 Å². The fourth-order valence-corrected chi connectivity index (χ4v) is 4.01. The number of hydrogen-bond donors (Lipinski definition) is 2. The molecule has 2 N–H and O–H groups in total. The van der Waals surface area contributed by atoms with Crippen LogP contribution in [0.15, 0.2) is 42.5 Å². The molecule has 2 fully saturated rings. The van der Waals surface area contributed by atoms with Crippen molar-refractivity contribution in [1.29, 1.82) is 0 Å². The second-order valence-corrected chi connectivity index (χ2v) is 7.86. The van der Waals surface area contributed by atoms with Crippen molar-refractivity contribution < 1.29 is 19.4 Å². The number of amides is 2. The van der Waals surface area contributed by atoms with E-state index in [0.29, 0.717) is 31.7 Å². The number of piperazine rings is 1. The molecular weight excluding hydrogens is 396 g/mol. The number of aryl methyl sites for hydroxylation is 1. The zero-order valence-electron chi connectivity index (χ0n) is 17.7. The number of hydrogen-bond acceptors (Lipinski definition) is 5. The van der Waals surface area contributed by atoms with Crippen LogP contribution < -0.4 is 15.1 Å². The lowest BCUT2D eigenvalue weighted by Gasteiger charge is -2.35. The van der Waals surface area contributed by atoms with Crippen molar-refractivity contribution in [2.75, 3.05) is 67.6 Å². The Morgan fingerprint density at radius 3 is 2.23 bits per heavy atom. The molecule has 0 aromatic heterocycles. The number of anilines is 3. The Bertz CT molecular complexity index is 933. The summed E-state index contributed by atoms with van der Waals surface area (Å²) in [6.45, 7) is 7.37. The van der Waals surface area contributed by atoms with Crippen molar-refractivity contribution in [3.8, 4) is 0 Å². The molecule has 31 heavy (non-hydrogen) atoms. The highest BCUT2D eigenvalue weighted by Gasteiger charge is 2.22. The van der Waals surface area contributed by atoms with Gasteiger partial charge in [0.25, 0.3) is 5.91 Å². The first-order valence-corrected chi connectivity index (χ1v) is 10.6. The van der Waals surface area contributed by atoms with Crippen LogP contribution in [0.3, 0.4) is 0 Å². The van der Waals surface area contributed by atoms with Gasteiger partial charge in [0.05, 0.1) is 13.2 Å². The van der Waals surface area contributed by atoms with E-state index in [4.69, 9.17) is 9.84 Å². The van der Waals surface area contributed by atoms with Crippen LogP contribution in [0, 0.1) is 6.92 Å². The van der Waals surface area contributed by atoms with E-state index in [9.17, 15) is 9.59 Å². The molecule has 0 aliphatic carbocycles. The number of ether oxygens (including phenoxy) is 1. The van der Waals surface area contributed by atoms with Crippen molar-refractivity contribution in [3.05, 3.63) is 53.6 Å². The summed E-state index contributed by atoms with van der Waals surface area (Å²) in [5.74, 6) is -0.162. The van der Waals surface area contributed by atoms with Crippen molar-refractivity contribution in [2.24, 2.45) is 0 Å². The maximum atomic E-state index is 12.8. The van der Waals surface area contributed by atoms with Gasteiger partial charge in [-0.3, -0.25) is 4.79 Å². The van der Waals surface area contributed by atoms with E-state index in [2.05, 4.69) is 15.1 Å². The Labute approximate surface area is 182 Å². The van der Waals surface area contributed by atoms with E-state index in [1.807, 2.05) is 49.4 Å². The van der Waals surface area contributed by atoms with E-state index in [1.54, 1.807) is 0 Å². The Morgan fingerprint density at radius 2 is 1.58 bits per heavy atom. The molecule has 2 saturated heterocycles. The predicted octanol–water partition coefficient (Wildman–Crippen LogP) is 2.88. The summed E-state index contributed by atoms with van der Waals surface area (Å²) in [7, 11) is 0. The van der Waals surface area contributed by atoms with Crippen LogP contribution in [0.2, 0.25) is 0 Å². The lowest BCUT2D eigenvalue weighted by Crippen LogP contribution is -2.48. The number of nitrogens with one attached hydrogen (secondary N) is 1. The van der Waals surface area contributed by atoms with Crippen LogP contribution in [-0.2, 0) is 4.74 Å². The molecule has 8 heteroatoms. The average Bonchev–Trinajstić information content (AvgIpc) is 2.80. The molecule has 0 bridgehead atoms. The molecule has 2 aromatic rings. The van der Waals surface area contributed by atoms with Gasteiger partial charge < -0.3 is 29.9 Å². The predicted molar refractivity (Wildman–Crippen MR) is 120 cm³/mol. The van der Waals surface area contributed by atoms with Crippen LogP contribution in [0.1, 0.15) is 15.9 Å². The molecule has 8 nitrogen and oxygen atoms in total. The summed E-state index contributed by atoms with van der Waals surface area (Å²) < 4.78 is 5.39. The highest BCUT2D eigenvalue weighted by molar-refractivity contribution is 6.05. The number of carbonyl (C=O) groups is 2. The molecule has 0 atom stereocenters. The Kier molecular flexibility index (Phi) is 6.27. The molecule has 0 unspecified atom stereocenters. The third kappa shape index (κ3) is 4.91. The zero-order valence-corrected chi connectivity index (χ0v) is 17.7. The number of benzene rings is 2. The van der Waals surface area contributed by atoms with Gasteiger partial charge >= 0.3 is 6.09 Å². The van der Waals surface area contributed by atoms with Gasteiger partial charge in [0, 0.05) is 61.9 Å². The lowest BCUT2D eigenvalue weighted by atomic mass is 10.1. The van der Waals surface area contributed by atoms with Crippen LogP contribution in [0.4, 0.5) is 21.9 Å². The monoisotopic (exact) mass is 424 g/mol. The second-order valence-electron chi connectivity index (χ2n) is 7.86. The minimum absolute atomic E-state index is 0.162. The van der Waals surface area contributed by atoms with Gasteiger partial charge in [-0.1, -0.05) is 6.07 Å². The molecule has 164 valence electrons. The van der Waals surface area contributed by atoms with Crippen molar-refractivity contribution in [3.63, 3.8) is 0 Å². The van der Waals surface area contributed by atoms with Gasteiger partial charge in [-0.25, -0.2) is 4.79 Å². The third-order valence-electron chi connectivity index (χ3n) is 5.86. The fourth-order valence-electron chi connectivity index (χ4n) is 4.01. The molecular formula is C23H28N4O4. The maximum Gasteiger partial charge on any atom is 0.407 e. The number of rotatable bonds is 4. The van der Waals surface area contributed by atoms with Crippen LogP contribution in [0.5, 0.6) is 0 Å². The molecule has 2 heterocycles. The van der Waals surface area contributed by atoms with Gasteiger partial charge in [0.1, 0.15) is 0 Å². The number of nitrogens with zero attached hydrogens (tertiary/aromatic N) is 3. The van der Waals surface area contributed by atoms with Gasteiger partial charge in [-0.2, -0.15) is 0 Å². The molecule has 2 aliphatic rings. The summed E-state index contributed by atoms with van der Waals surface area (Å²) in [4.78, 5) is 29.8. The molecule has 0 spiro atoms. The normalized spacial score (nSPS) is 16.9. The number of carbonyl (C=O) groups excluding carboxylic acids is 1. The average molecular weight is 425 g/mol. The van der Waals surface area contributed by atoms with Crippen LogP contribution in [-0.4, -0.2) is 74.5 Å². The molecule has 2 aromatic carbocycles. The summed E-state index contributed by atoms with van der Waals surface area (Å²) in [5, 5.41) is 12.1. The van der Waals surface area contributed by atoms with E-state index >= 15 is 0 Å². The topological polar surface area (TPSA) is 85.4 Å². The van der Waals surface area contributed by atoms with Gasteiger partial charge in [-0.05, 0) is 48.9 Å². The molecule has 2 amide bonds. The lowest BCUT2D eigenvalue weighted by molar-refractivity contribution is 0.102. The quantitative estimate of drug-likeness (QED) is 0.785. The van der Waals surface area contributed by atoms with Crippen molar-refractivity contribution >= 4 is 29.1 Å². The summed E-state index contributed by atoms with van der Waals surface area (Å²) in [6, 6.07) is 13.5. The largest absolute Gasteiger partial charge is 0.465 e. The molecule has 4 rings (SSSR count). The first-order valence-electron chi connectivity index (χ1n) is 10.6. The number of carboxylic acid groups (broad SMARTS) is 1. The molecule has 0 radical (unpaired) electrons. The van der Waals surface area contributed by atoms with E-state index in [1.165, 1.54) is 4.90 Å². The molecule has 0 saturated carbocycles. The molecule has 2 aliphatic heterocycles. The maximum absolute atomic E-state index is 12.8. The van der Waals surface area contributed by atoms with Crippen LogP contribution >= 0.6 is 0 Å². The summed E-state index contributed by atoms with van der Waals surface area (Å²) in [6.07, 6.45) is -0.885. The fraction of sp³-hybridized carbons (Fsp3) is 0.391. The van der Waals surface area contributed by atoms with E-state index < -0.39 is 6.09 Å². The summed E-state index contributed by atoms with van der Waals surface area (Å²) in [5.41, 5.74) is 4.49. The van der Waals surface area contributed by atoms with E-state index in [-0.39, 0.29) is 5.91 Å². The minimum Gasteiger partial charge on any atom is -0.465 e. The van der Waals surface area contributed by atoms with Crippen LogP contribution in [0.25, 0.3) is 0 Å². The van der Waals surface area contributed by atoms with Gasteiger partial charge in [-0.15, -0.1) is 0 Å². The SMILES string of the molecule is Cc1ccc(C(=O)Nc2ccc(N3CCOCC3)cc2)cc1N1CCN(C(=O)O)CC1. The third-order valence-corrected chi connectivity index (χ3v) is 5.86. The number of morpholine rings is 1. The first-order chi connectivity index (χ1) is 15.0. The van der Waals surface area contributed by atoms with E-state index in [0.717, 1.165) is 48.9 Å². The van der Waals surface area contributed by atoms with Gasteiger partial charge in [0.15, 0.2) is 0 Å². The Morgan fingerprint density at radius 1 is 0.903 bits per heavy atom. The Balaban J connectivity index is 1.42. The van der Waals surface area contributed by atoms with Crippen molar-refractivity contribution in [2.45, 2.75) is 6.92 Å². The first kappa shape index (κ1) is 21.0.